The van der Waals surface area contributed by atoms with E-state index in [-0.39, 0.29) is 22.4 Å². The van der Waals surface area contributed by atoms with Gasteiger partial charge in [-0.3, -0.25) is 9.59 Å². The van der Waals surface area contributed by atoms with Crippen LogP contribution in [0.5, 0.6) is 5.75 Å². The molecule has 0 amide bonds. The number of benzene rings is 4. The van der Waals surface area contributed by atoms with Crippen LogP contribution in [0, 0.1) is 0 Å². The number of fused-ring (bicyclic) bond motifs is 3. The lowest BCUT2D eigenvalue weighted by Gasteiger charge is -2.28. The number of rotatable bonds is 6. The Morgan fingerprint density at radius 2 is 1.31 bits per heavy atom. The summed E-state index contributed by atoms with van der Waals surface area (Å²) < 4.78 is 0. The summed E-state index contributed by atoms with van der Waals surface area (Å²) in [5.74, 6) is -1.14. The molecule has 0 radical (unpaired) electrons. The number of phenolic OH excluding ortho intramolecular Hbond substituents is 1. The second kappa shape index (κ2) is 11.1. The number of Topliss-reactive ketones (excluding diaryl/α,β-unsaturated/α-hetero) is 2. The number of nitrogens with one attached hydrogen (secondary N) is 1. The number of hydrogen-bond acceptors (Lipinski definition) is 6. The fraction of sp³-hybridized carbons (Fsp3) is 0.308. The highest BCUT2D eigenvalue weighted by Gasteiger charge is 2.41. The lowest BCUT2D eigenvalue weighted by Crippen LogP contribution is -2.21. The molecule has 0 saturated carbocycles. The summed E-state index contributed by atoms with van der Waals surface area (Å²) in [5.41, 5.74) is 4.85. The van der Waals surface area contributed by atoms with Gasteiger partial charge in [-0.05, 0) is 75.4 Å². The number of aliphatic hydroxyl groups is 1. The van der Waals surface area contributed by atoms with Crippen LogP contribution in [0.4, 0.5) is 5.69 Å². The van der Waals surface area contributed by atoms with Crippen LogP contribution in [0.2, 0.25) is 0 Å². The summed E-state index contributed by atoms with van der Waals surface area (Å²) >= 11 is 0. The van der Waals surface area contributed by atoms with Crippen LogP contribution in [-0.2, 0) is 17.3 Å². The highest BCUT2D eigenvalue weighted by molar-refractivity contribution is 6.30. The molecular formula is C39H40N2O4. The standard InChI is InChI=1S/C39H40N2O4/c1-38(2,3)28-18-22(19-29(37(28)45)39(4,5)6)14-17-32(42)40-31-13-9-12-23-15-16-30(41-34(23)31)33-35(43)26-20-24-10-7-8-11-25(24)21-27(26)36(33)44/h7-13,15-16,18-21,32-33,40,42,45H,14,17H2,1-6H3. The topological polar surface area (TPSA) is 99.5 Å². The summed E-state index contributed by atoms with van der Waals surface area (Å²) in [6, 6.07) is 24.7. The Morgan fingerprint density at radius 1 is 0.756 bits per heavy atom. The minimum atomic E-state index is -0.997. The Labute approximate surface area is 264 Å². The maximum atomic E-state index is 13.5. The van der Waals surface area contributed by atoms with E-state index in [0.717, 1.165) is 32.8 Å². The van der Waals surface area contributed by atoms with Crippen molar-refractivity contribution in [3.63, 3.8) is 0 Å². The van der Waals surface area contributed by atoms with Gasteiger partial charge >= 0.3 is 0 Å². The third-order valence-electron chi connectivity index (χ3n) is 8.79. The van der Waals surface area contributed by atoms with Crippen molar-refractivity contribution in [3.05, 3.63) is 112 Å². The maximum absolute atomic E-state index is 13.5. The second-order valence-corrected chi connectivity index (χ2v) is 14.3. The van der Waals surface area contributed by atoms with Gasteiger partial charge in [0.2, 0.25) is 0 Å². The maximum Gasteiger partial charge on any atom is 0.180 e. The molecule has 1 heterocycles. The van der Waals surface area contributed by atoms with E-state index in [4.69, 9.17) is 4.98 Å². The Kier molecular flexibility index (Phi) is 7.52. The molecular weight excluding hydrogens is 560 g/mol. The van der Waals surface area contributed by atoms with Crippen LogP contribution in [0.25, 0.3) is 21.7 Å². The average molecular weight is 601 g/mol. The van der Waals surface area contributed by atoms with Crippen molar-refractivity contribution in [2.45, 2.75) is 77.4 Å². The zero-order valence-electron chi connectivity index (χ0n) is 26.7. The predicted molar refractivity (Wildman–Crippen MR) is 181 cm³/mol. The highest BCUT2D eigenvalue weighted by Crippen LogP contribution is 2.40. The van der Waals surface area contributed by atoms with Crippen LogP contribution in [0.1, 0.15) is 97.0 Å². The third-order valence-corrected chi connectivity index (χ3v) is 8.79. The fourth-order valence-electron chi connectivity index (χ4n) is 6.32. The number of carbonyl (C=O) groups is 2. The van der Waals surface area contributed by atoms with E-state index in [1.165, 1.54) is 0 Å². The summed E-state index contributed by atoms with van der Waals surface area (Å²) in [6.45, 7) is 12.5. The first-order valence-corrected chi connectivity index (χ1v) is 15.5. The smallest absolute Gasteiger partial charge is 0.180 e. The molecule has 0 spiro atoms. The molecule has 0 bridgehead atoms. The van der Waals surface area contributed by atoms with Gasteiger partial charge in [-0.1, -0.05) is 96.1 Å². The van der Waals surface area contributed by atoms with E-state index in [1.54, 1.807) is 18.2 Å². The first-order chi connectivity index (χ1) is 21.2. The molecule has 1 aromatic heterocycles. The van der Waals surface area contributed by atoms with Gasteiger partial charge in [-0.15, -0.1) is 0 Å². The Morgan fingerprint density at radius 3 is 1.87 bits per heavy atom. The van der Waals surface area contributed by atoms with Gasteiger partial charge in [0.25, 0.3) is 0 Å². The van der Waals surface area contributed by atoms with Gasteiger partial charge in [0.15, 0.2) is 11.6 Å². The van der Waals surface area contributed by atoms with Crippen molar-refractivity contribution in [2.75, 3.05) is 5.32 Å². The van der Waals surface area contributed by atoms with Crippen molar-refractivity contribution in [3.8, 4) is 5.75 Å². The average Bonchev–Trinajstić information content (AvgIpc) is 3.22. The van der Waals surface area contributed by atoms with Crippen molar-refractivity contribution in [1.29, 1.82) is 0 Å². The van der Waals surface area contributed by atoms with Crippen LogP contribution >= 0.6 is 0 Å². The normalized spacial score (nSPS) is 14.7. The molecule has 6 rings (SSSR count). The number of phenols is 1. The lowest BCUT2D eigenvalue weighted by molar-refractivity contribution is 0.0888. The van der Waals surface area contributed by atoms with E-state index in [1.807, 2.05) is 60.7 Å². The Hall–Kier alpha value is -4.55. The number of aliphatic hydroxyl groups excluding tert-OH is 1. The molecule has 0 fully saturated rings. The fourth-order valence-corrected chi connectivity index (χ4v) is 6.32. The SMILES string of the molecule is CC(C)(C)c1cc(CCC(O)Nc2cccc3ccc(C4C(=O)c5cc6ccccc6cc5C4=O)nc23)cc(C(C)(C)C)c1O. The molecule has 1 atom stereocenters. The largest absolute Gasteiger partial charge is 0.507 e. The summed E-state index contributed by atoms with van der Waals surface area (Å²) in [5, 5.41) is 28.1. The van der Waals surface area contributed by atoms with Crippen molar-refractivity contribution in [1.82, 2.24) is 4.98 Å². The molecule has 4 aromatic carbocycles. The quantitative estimate of drug-likeness (QED) is 0.134. The van der Waals surface area contributed by atoms with Crippen LogP contribution in [-0.4, -0.2) is 33.0 Å². The number of hydrogen-bond donors (Lipinski definition) is 3. The highest BCUT2D eigenvalue weighted by atomic mass is 16.3. The first-order valence-electron chi connectivity index (χ1n) is 15.5. The molecule has 0 aliphatic heterocycles. The van der Waals surface area contributed by atoms with E-state index in [9.17, 15) is 19.8 Å². The van der Waals surface area contributed by atoms with Gasteiger partial charge in [-0.25, -0.2) is 4.98 Å². The van der Waals surface area contributed by atoms with Gasteiger partial charge < -0.3 is 15.5 Å². The number of para-hydroxylation sites is 1. The summed E-state index contributed by atoms with van der Waals surface area (Å²) in [7, 11) is 0. The van der Waals surface area contributed by atoms with Gasteiger partial charge in [0, 0.05) is 16.5 Å². The third kappa shape index (κ3) is 5.71. The van der Waals surface area contributed by atoms with Gasteiger partial charge in [0.1, 0.15) is 17.9 Å². The molecule has 45 heavy (non-hydrogen) atoms. The number of pyridine rings is 1. The number of anilines is 1. The number of ketones is 2. The van der Waals surface area contributed by atoms with Crippen LogP contribution in [0.3, 0.4) is 0 Å². The van der Waals surface area contributed by atoms with Crippen molar-refractivity contribution < 1.29 is 19.8 Å². The number of nitrogens with zero attached hydrogens (tertiary/aromatic N) is 1. The molecule has 230 valence electrons. The molecule has 6 heteroatoms. The van der Waals surface area contributed by atoms with E-state index >= 15 is 0 Å². The zero-order valence-corrected chi connectivity index (χ0v) is 26.7. The minimum Gasteiger partial charge on any atom is -0.507 e. The van der Waals surface area contributed by atoms with Crippen LogP contribution in [0.15, 0.2) is 78.9 Å². The molecule has 5 aromatic rings. The summed E-state index contributed by atoms with van der Waals surface area (Å²) in [4.78, 5) is 31.9. The Balaban J connectivity index is 1.26. The monoisotopic (exact) mass is 600 g/mol. The first kappa shape index (κ1) is 30.5. The summed E-state index contributed by atoms with van der Waals surface area (Å²) in [6.07, 6.45) is 0.149. The number of aromatic nitrogens is 1. The zero-order chi connectivity index (χ0) is 32.3. The lowest BCUT2D eigenvalue weighted by atomic mass is 9.78. The van der Waals surface area contributed by atoms with Crippen molar-refractivity contribution in [2.24, 2.45) is 0 Å². The van der Waals surface area contributed by atoms with E-state index < -0.39 is 12.1 Å². The number of aromatic hydroxyl groups is 1. The molecule has 1 unspecified atom stereocenters. The number of carbonyl (C=O) groups excluding carboxylic acids is 2. The molecule has 1 aliphatic carbocycles. The second-order valence-electron chi connectivity index (χ2n) is 14.3. The van der Waals surface area contributed by atoms with Gasteiger partial charge in [0.05, 0.1) is 16.9 Å². The molecule has 0 saturated heterocycles. The molecule has 6 nitrogen and oxygen atoms in total. The van der Waals surface area contributed by atoms with Crippen molar-refractivity contribution >= 4 is 38.9 Å². The minimum absolute atomic E-state index is 0.236. The Bertz CT molecular complexity index is 1890. The number of aryl methyl sites for hydroxylation is 1. The molecule has 3 N–H and O–H groups in total. The van der Waals surface area contributed by atoms with Crippen LogP contribution < -0.4 is 5.32 Å². The van der Waals surface area contributed by atoms with E-state index in [2.05, 4.69) is 46.9 Å². The predicted octanol–water partition coefficient (Wildman–Crippen LogP) is 8.21. The molecule has 1 aliphatic rings. The van der Waals surface area contributed by atoms with Gasteiger partial charge in [-0.2, -0.15) is 0 Å². The van der Waals surface area contributed by atoms with E-state index in [0.29, 0.717) is 46.6 Å².